The minimum atomic E-state index is 0.0426. The summed E-state index contributed by atoms with van der Waals surface area (Å²) < 4.78 is 6.32. The molecule has 0 spiro atoms. The Labute approximate surface area is 160 Å². The average molecular weight is 365 g/mol. The average Bonchev–Trinajstić information content (AvgIpc) is 3.27. The second-order valence-electron chi connectivity index (χ2n) is 8.26. The zero-order chi connectivity index (χ0) is 18.4. The minimum Gasteiger partial charge on any atom is -0.492 e. The van der Waals surface area contributed by atoms with Crippen LogP contribution in [0.2, 0.25) is 0 Å². The van der Waals surface area contributed by atoms with E-state index in [0.717, 1.165) is 67.6 Å². The van der Waals surface area contributed by atoms with Crippen molar-refractivity contribution in [2.24, 2.45) is 16.9 Å². The number of aromatic nitrogens is 1. The van der Waals surface area contributed by atoms with Crippen LogP contribution in [-0.2, 0) is 4.74 Å². The Kier molecular flexibility index (Phi) is 3.97. The molecule has 1 aromatic rings. The van der Waals surface area contributed by atoms with Gasteiger partial charge in [-0.2, -0.15) is 5.10 Å². The van der Waals surface area contributed by atoms with E-state index in [4.69, 9.17) is 4.74 Å². The summed E-state index contributed by atoms with van der Waals surface area (Å²) in [6, 6.07) is 4.26. The second-order valence-corrected chi connectivity index (χ2v) is 8.26. The third-order valence-electron chi connectivity index (χ3n) is 6.11. The van der Waals surface area contributed by atoms with Gasteiger partial charge in [0, 0.05) is 49.6 Å². The fraction of sp³-hybridized carbons (Fsp3) is 0.524. The topological polar surface area (TPSA) is 61.8 Å². The summed E-state index contributed by atoms with van der Waals surface area (Å²) in [6.45, 7) is 8.44. The number of ether oxygens (including phenoxy) is 1. The number of allylic oxidation sites excluding steroid dienone is 4. The molecule has 27 heavy (non-hydrogen) atoms. The van der Waals surface area contributed by atoms with E-state index in [2.05, 4.69) is 63.9 Å². The molecule has 142 valence electrons. The molecular weight excluding hydrogens is 338 g/mol. The van der Waals surface area contributed by atoms with Crippen molar-refractivity contribution >= 4 is 11.5 Å². The zero-order valence-corrected chi connectivity index (χ0v) is 16.0. The molecule has 2 N–H and O–H groups in total. The fourth-order valence-electron chi connectivity index (χ4n) is 4.12. The summed E-state index contributed by atoms with van der Waals surface area (Å²) in [7, 11) is 0. The van der Waals surface area contributed by atoms with E-state index < -0.39 is 0 Å². The molecule has 2 unspecified atom stereocenters. The molecule has 1 aromatic heterocycles. The van der Waals surface area contributed by atoms with Crippen LogP contribution in [0, 0.1) is 11.8 Å². The van der Waals surface area contributed by atoms with Gasteiger partial charge >= 0.3 is 0 Å². The largest absolute Gasteiger partial charge is 0.492 e. The van der Waals surface area contributed by atoms with E-state index in [1.54, 1.807) is 0 Å². The Morgan fingerprint density at radius 1 is 1.22 bits per heavy atom. The maximum Gasteiger partial charge on any atom is 0.129 e. The smallest absolute Gasteiger partial charge is 0.129 e. The monoisotopic (exact) mass is 365 g/mol. The Hall–Kier alpha value is -2.34. The van der Waals surface area contributed by atoms with Gasteiger partial charge in [-0.1, -0.05) is 6.92 Å². The molecule has 2 aliphatic heterocycles. The Morgan fingerprint density at radius 3 is 2.81 bits per heavy atom. The molecule has 6 heteroatoms. The van der Waals surface area contributed by atoms with Gasteiger partial charge in [-0.05, 0) is 44.1 Å². The first-order valence-electron chi connectivity index (χ1n) is 9.99. The standard InChI is InChI=1S/C21H27N5O/c1-14-17(27-21(2)6-7-21)4-3-16-19(14)20(25-24-16)15-5-8-23-18(13-15)26-11-9-22-10-12-26/h3-5,8,13-14,19,22,24H,6-7,9-12H2,1-2H3. The van der Waals surface area contributed by atoms with E-state index in [1.807, 2.05) is 6.20 Å². The van der Waals surface area contributed by atoms with Crippen molar-refractivity contribution in [1.82, 2.24) is 15.7 Å². The van der Waals surface area contributed by atoms with Crippen molar-refractivity contribution in [1.29, 1.82) is 0 Å². The summed E-state index contributed by atoms with van der Waals surface area (Å²) in [5.74, 6) is 2.60. The van der Waals surface area contributed by atoms with Gasteiger partial charge in [0.25, 0.3) is 0 Å². The highest BCUT2D eigenvalue weighted by atomic mass is 16.5. The number of nitrogens with one attached hydrogen (secondary N) is 2. The van der Waals surface area contributed by atoms with Gasteiger partial charge in [0.2, 0.25) is 0 Å². The first kappa shape index (κ1) is 16.8. The van der Waals surface area contributed by atoms with Gasteiger partial charge in [-0.3, -0.25) is 5.43 Å². The molecule has 1 saturated heterocycles. The predicted molar refractivity (Wildman–Crippen MR) is 107 cm³/mol. The first-order valence-corrected chi connectivity index (χ1v) is 9.99. The van der Waals surface area contributed by atoms with Crippen LogP contribution in [0.1, 0.15) is 32.3 Å². The number of nitrogens with zero attached hydrogens (tertiary/aromatic N) is 3. The zero-order valence-electron chi connectivity index (χ0n) is 16.0. The third-order valence-corrected chi connectivity index (χ3v) is 6.11. The van der Waals surface area contributed by atoms with Crippen LogP contribution in [0.15, 0.2) is 47.0 Å². The summed E-state index contributed by atoms with van der Waals surface area (Å²) >= 11 is 0. The molecule has 4 aliphatic rings. The van der Waals surface area contributed by atoms with Crippen LogP contribution in [0.3, 0.4) is 0 Å². The number of hydrazone groups is 1. The van der Waals surface area contributed by atoms with Gasteiger partial charge in [0.05, 0.1) is 11.6 Å². The maximum absolute atomic E-state index is 6.32. The molecule has 5 rings (SSSR count). The third kappa shape index (κ3) is 3.12. The highest BCUT2D eigenvalue weighted by Gasteiger charge is 2.44. The molecule has 0 amide bonds. The van der Waals surface area contributed by atoms with Crippen LogP contribution in [0.25, 0.3) is 0 Å². The summed E-state index contributed by atoms with van der Waals surface area (Å²) in [4.78, 5) is 6.94. The SMILES string of the molecule is CC1C(OC2(C)CC2)=CC=C2NN=C(c3ccnc(N4CCNCC4)c3)C21. The van der Waals surface area contributed by atoms with Crippen LogP contribution in [0.5, 0.6) is 0 Å². The van der Waals surface area contributed by atoms with E-state index in [0.29, 0.717) is 0 Å². The van der Waals surface area contributed by atoms with Gasteiger partial charge in [0.1, 0.15) is 17.2 Å². The molecule has 1 saturated carbocycles. The van der Waals surface area contributed by atoms with Crippen LogP contribution in [-0.4, -0.2) is 42.5 Å². The lowest BCUT2D eigenvalue weighted by atomic mass is 9.81. The van der Waals surface area contributed by atoms with Gasteiger partial charge in [-0.25, -0.2) is 4.98 Å². The van der Waals surface area contributed by atoms with Crippen molar-refractivity contribution < 1.29 is 4.74 Å². The second kappa shape index (κ2) is 6.37. The lowest BCUT2D eigenvalue weighted by molar-refractivity contribution is 0.0842. The molecule has 2 atom stereocenters. The molecule has 2 aliphatic carbocycles. The molecule has 6 nitrogen and oxygen atoms in total. The van der Waals surface area contributed by atoms with E-state index in [1.165, 1.54) is 0 Å². The number of hydrogen-bond donors (Lipinski definition) is 2. The highest BCUT2D eigenvalue weighted by molar-refractivity contribution is 6.05. The van der Waals surface area contributed by atoms with Gasteiger partial charge in [0.15, 0.2) is 0 Å². The molecule has 2 fully saturated rings. The number of pyridine rings is 1. The maximum atomic E-state index is 6.32. The minimum absolute atomic E-state index is 0.0426. The summed E-state index contributed by atoms with van der Waals surface area (Å²) in [5, 5.41) is 8.08. The Bertz CT molecular complexity index is 833. The molecule has 0 radical (unpaired) electrons. The fourth-order valence-corrected chi connectivity index (χ4v) is 4.12. The van der Waals surface area contributed by atoms with Gasteiger partial charge < -0.3 is 15.0 Å². The van der Waals surface area contributed by atoms with E-state index >= 15 is 0 Å². The van der Waals surface area contributed by atoms with Crippen molar-refractivity contribution in [3.05, 3.63) is 47.5 Å². The summed E-state index contributed by atoms with van der Waals surface area (Å²) in [6.07, 6.45) is 8.44. The number of anilines is 1. The molecular formula is C21H27N5O. The number of piperazine rings is 1. The molecule has 0 aromatic carbocycles. The Morgan fingerprint density at radius 2 is 2.04 bits per heavy atom. The molecule has 0 bridgehead atoms. The van der Waals surface area contributed by atoms with Gasteiger partial charge in [-0.15, -0.1) is 0 Å². The predicted octanol–water partition coefficient (Wildman–Crippen LogP) is 2.40. The van der Waals surface area contributed by atoms with Crippen molar-refractivity contribution in [2.75, 3.05) is 31.1 Å². The van der Waals surface area contributed by atoms with E-state index in [-0.39, 0.29) is 17.4 Å². The van der Waals surface area contributed by atoms with Crippen LogP contribution < -0.4 is 15.6 Å². The quantitative estimate of drug-likeness (QED) is 0.858. The Balaban J connectivity index is 1.40. The van der Waals surface area contributed by atoms with Crippen molar-refractivity contribution in [3.8, 4) is 0 Å². The van der Waals surface area contributed by atoms with Crippen LogP contribution >= 0.6 is 0 Å². The van der Waals surface area contributed by atoms with E-state index in [9.17, 15) is 0 Å². The number of fused-ring (bicyclic) bond motifs is 1. The van der Waals surface area contributed by atoms with Crippen molar-refractivity contribution in [3.63, 3.8) is 0 Å². The lowest BCUT2D eigenvalue weighted by Gasteiger charge is -2.30. The molecule has 3 heterocycles. The first-order chi connectivity index (χ1) is 13.1. The van der Waals surface area contributed by atoms with Crippen LogP contribution in [0.4, 0.5) is 5.82 Å². The lowest BCUT2D eigenvalue weighted by Crippen LogP contribution is -2.44. The normalized spacial score (nSPS) is 28.5. The highest BCUT2D eigenvalue weighted by Crippen LogP contribution is 2.45. The number of hydrogen-bond acceptors (Lipinski definition) is 6. The number of rotatable bonds is 4. The summed E-state index contributed by atoms with van der Waals surface area (Å²) in [5.41, 5.74) is 6.67. The van der Waals surface area contributed by atoms with Crippen molar-refractivity contribution in [2.45, 2.75) is 32.3 Å².